The average molecular weight is 1420 g/mol. The number of nitrogens with two attached hydrogens (primary N) is 1. The molecule has 99 heavy (non-hydrogen) atoms. The number of ketones is 1. The number of Topliss-reactive ketones (excluding diaryl/α,β-unsaturated/α-hetero) is 1. The molecule has 4 aromatic rings. The Morgan fingerprint density at radius 2 is 0.859 bits per heavy atom. The molecule has 34 nitrogen and oxygen atoms in total. The number of hydrogen-bond acceptors (Lipinski definition) is 26. The lowest BCUT2D eigenvalue weighted by Crippen LogP contribution is -2.54. The van der Waals surface area contributed by atoms with E-state index in [1.165, 1.54) is 79.7 Å². The molecule has 8 aliphatic heterocycles. The fourth-order valence-electron chi connectivity index (χ4n) is 10.2. The number of alkyl halides is 1. The van der Waals surface area contributed by atoms with Gasteiger partial charge in [0.2, 0.25) is 47.3 Å². The molecule has 0 bridgehead atoms. The van der Waals surface area contributed by atoms with Crippen LogP contribution in [-0.4, -0.2) is 191 Å². The number of cyclic esters (lactones) is 2. The van der Waals surface area contributed by atoms with Gasteiger partial charge in [0.1, 0.15) is 64.8 Å². The minimum Gasteiger partial charge on any atom is -0.507 e. The number of esters is 3. The first-order valence-corrected chi connectivity index (χ1v) is 29.8. The summed E-state index contributed by atoms with van der Waals surface area (Å²) < 4.78 is 19.4. The van der Waals surface area contributed by atoms with Crippen LogP contribution in [0.5, 0.6) is 23.0 Å². The fraction of sp³-hybridized carbons (Fsp3) is 0.317. The number of amides is 14. The van der Waals surface area contributed by atoms with Crippen molar-refractivity contribution in [1.29, 1.82) is 0 Å². The van der Waals surface area contributed by atoms with Gasteiger partial charge in [-0.2, -0.15) is 0 Å². The van der Waals surface area contributed by atoms with Crippen LogP contribution in [0.4, 0.5) is 0 Å². The molecule has 4 unspecified atom stereocenters. The number of fused-ring (bicyclic) bond motifs is 4. The number of carbonyl (C=O) groups is 19. The van der Waals surface area contributed by atoms with Crippen LogP contribution < -0.4 is 36.5 Å². The highest BCUT2D eigenvalue weighted by molar-refractivity contribution is 6.27. The third-order valence-corrected chi connectivity index (χ3v) is 14.8. The summed E-state index contributed by atoms with van der Waals surface area (Å²) in [6.45, 7) is 5.85. The van der Waals surface area contributed by atoms with Crippen molar-refractivity contribution in [3.8, 4) is 23.0 Å². The summed E-state index contributed by atoms with van der Waals surface area (Å²) >= 11 is 5.18. The highest BCUT2D eigenvalue weighted by Gasteiger charge is 2.49. The normalized spacial score (nSPS) is 19.4. The Labute approximate surface area is 569 Å². The van der Waals surface area contributed by atoms with Crippen LogP contribution in [0.25, 0.3) is 0 Å². The van der Waals surface area contributed by atoms with Crippen LogP contribution in [0.15, 0.2) is 72.8 Å². The van der Waals surface area contributed by atoms with E-state index in [9.17, 15) is 96.2 Å². The number of carboxylic acid groups (broad SMARTS) is 1. The topological polar surface area (TPSA) is 506 Å². The summed E-state index contributed by atoms with van der Waals surface area (Å²) in [5.41, 5.74) is 5.04. The number of phenolic OH excluding ortho intramolecular Hbond substituents is 2. The maximum atomic E-state index is 12.7. The van der Waals surface area contributed by atoms with Gasteiger partial charge in [-0.15, -0.1) is 24.0 Å². The number of imide groups is 7. The van der Waals surface area contributed by atoms with E-state index in [2.05, 4.69) is 26.0 Å². The highest BCUT2D eigenvalue weighted by atomic mass is 35.5. The summed E-state index contributed by atoms with van der Waals surface area (Å²) in [5.74, 6) is -11.8. The molecule has 0 spiro atoms. The van der Waals surface area contributed by atoms with Gasteiger partial charge in [0.05, 0.1) is 45.0 Å². The second-order valence-corrected chi connectivity index (χ2v) is 23.0. The van der Waals surface area contributed by atoms with Crippen molar-refractivity contribution in [1.82, 2.24) is 36.0 Å². The molecular formula is C63H60Cl2N8O26. The van der Waals surface area contributed by atoms with E-state index in [4.69, 9.17) is 41.8 Å². The van der Waals surface area contributed by atoms with E-state index in [1.54, 1.807) is 20.8 Å². The Balaban J connectivity index is 0.000000195. The van der Waals surface area contributed by atoms with Crippen LogP contribution in [-0.2, 0) is 62.2 Å². The van der Waals surface area contributed by atoms with Gasteiger partial charge in [0.15, 0.2) is 12.4 Å². The lowest BCUT2D eigenvalue weighted by atomic mass is 10.0. The standard InChI is InChI=1S/C16H14N2O6.C15H12N2O7.C13H10N2O5.C8H4O4.C6H11ClO2.C5H8N2O2.ClH/c1-8(19)7-24-11-4-2-3-9-13(11)16(23)18(15(9)22)10-5-6-12(20)17-14(10)21;18-10-5-4-8(13(21)16-10)17-14(22)7-2-1-3-9(12(7)15(17)23)24-6-11(19)20;16-8-3-1-2-6-10(8)13(20)15(12(6)19)7-4-5-9(17)14-11(7)18;9-5-3-1-2-4-6(5)8(11)12-7(4)10;1-6(2,3)9-5(8)4-7;6-3-1-2-4(8)7-5(3)9;/h2-4,10H,5-7H2,1H3,(H,17,20,21);1-3,8H,4-6H2,(H,19,20)(H,16,18,21);1-3,7,16H,4-5H2,(H,14,17,18);1-3,9H;4H2,1-3H3;3H,1-2,6H2,(H,7,8,9);1H. The first-order chi connectivity index (χ1) is 46.1. The number of phenols is 2. The maximum absolute atomic E-state index is 12.7. The van der Waals surface area contributed by atoms with Crippen molar-refractivity contribution >= 4 is 136 Å². The number of piperidine rings is 4. The average Bonchev–Trinajstić information content (AvgIpc) is 1.63. The molecule has 14 amide bonds. The molecule has 0 aliphatic carbocycles. The Morgan fingerprint density at radius 3 is 1.19 bits per heavy atom. The van der Waals surface area contributed by atoms with Crippen LogP contribution in [0.1, 0.15) is 162 Å². The molecule has 4 aromatic carbocycles. The van der Waals surface area contributed by atoms with E-state index in [1.807, 2.05) is 0 Å². The highest BCUT2D eigenvalue weighted by Crippen LogP contribution is 2.37. The molecular weight excluding hydrogens is 1360 g/mol. The SMILES string of the molecule is CC(=O)COc1cccc2c1C(=O)N(C1CCC(=O)NC1=O)C2=O.CC(C)(C)OC(=O)CCl.Cl.NC1CCC(=O)NC1=O.O=C(O)COc1cccc2c1C(=O)N(C1CCC(=O)NC1=O)C2=O.O=C1CCC(N2C(=O)c3cccc(O)c3C2=O)C(=O)N1.O=C1OC(=O)c2c(O)cccc21. The molecule has 36 heteroatoms. The number of nitrogens with one attached hydrogen (secondary N) is 4. The second-order valence-electron chi connectivity index (χ2n) is 22.7. The Kier molecular flexibility index (Phi) is 25.0. The minimum atomic E-state index is -1.23. The van der Waals surface area contributed by atoms with Crippen molar-refractivity contribution in [3.63, 3.8) is 0 Å². The lowest BCUT2D eigenvalue weighted by Gasteiger charge is -2.27. The summed E-state index contributed by atoms with van der Waals surface area (Å²) in [4.78, 5) is 221. The first kappa shape index (κ1) is 76.4. The number of nitrogens with zero attached hydrogens (tertiary/aromatic N) is 3. The molecule has 0 aromatic heterocycles. The van der Waals surface area contributed by atoms with Gasteiger partial charge in [0, 0.05) is 25.7 Å². The first-order valence-electron chi connectivity index (χ1n) is 29.3. The van der Waals surface area contributed by atoms with Gasteiger partial charge in [-0.05, 0) is 102 Å². The Hall–Kier alpha value is -11.7. The molecule has 9 N–H and O–H groups in total. The monoisotopic (exact) mass is 1410 g/mol. The van der Waals surface area contributed by atoms with Gasteiger partial charge in [0.25, 0.3) is 35.4 Å². The lowest BCUT2D eigenvalue weighted by molar-refractivity contribution is -0.151. The summed E-state index contributed by atoms with van der Waals surface area (Å²) in [6, 6.07) is 13.5. The molecule has 4 atom stereocenters. The Bertz CT molecular complexity index is 4000. The van der Waals surface area contributed by atoms with Crippen LogP contribution in [0.3, 0.4) is 0 Å². The van der Waals surface area contributed by atoms with Crippen molar-refractivity contribution in [2.75, 3.05) is 19.1 Å². The number of ether oxygens (including phenoxy) is 4. The number of carboxylic acids is 1. The Morgan fingerprint density at radius 1 is 0.505 bits per heavy atom. The van der Waals surface area contributed by atoms with Crippen LogP contribution >= 0.6 is 24.0 Å². The molecule has 4 saturated heterocycles. The minimum absolute atomic E-state index is 0. The summed E-state index contributed by atoms with van der Waals surface area (Å²) in [7, 11) is 0. The van der Waals surface area contributed by atoms with Gasteiger partial charge in [-0.3, -0.25) is 113 Å². The third-order valence-electron chi connectivity index (χ3n) is 14.6. The van der Waals surface area contributed by atoms with E-state index in [0.717, 1.165) is 14.7 Å². The number of carbonyl (C=O) groups excluding carboxylic acids is 18. The number of benzene rings is 4. The molecule has 12 rings (SSSR count). The number of rotatable bonds is 10. The van der Waals surface area contributed by atoms with Crippen molar-refractivity contribution in [2.24, 2.45) is 5.73 Å². The van der Waals surface area contributed by atoms with Crippen molar-refractivity contribution in [2.45, 2.75) is 109 Å². The van der Waals surface area contributed by atoms with E-state index in [0.29, 0.717) is 12.8 Å². The summed E-state index contributed by atoms with van der Waals surface area (Å²) in [5, 5.41) is 36.0. The molecule has 0 saturated carbocycles. The summed E-state index contributed by atoms with van der Waals surface area (Å²) in [6.07, 6.45) is 1.20. The van der Waals surface area contributed by atoms with Gasteiger partial charge < -0.3 is 40.0 Å². The number of aromatic hydroxyl groups is 2. The zero-order valence-corrected chi connectivity index (χ0v) is 54.0. The number of halogens is 2. The van der Waals surface area contributed by atoms with Crippen LogP contribution in [0.2, 0.25) is 0 Å². The van der Waals surface area contributed by atoms with E-state index in [-0.39, 0.29) is 154 Å². The van der Waals surface area contributed by atoms with Crippen molar-refractivity contribution < 1.29 is 125 Å². The third kappa shape index (κ3) is 17.9. The van der Waals surface area contributed by atoms with Gasteiger partial charge >= 0.3 is 23.9 Å². The molecule has 8 aliphatic rings. The second kappa shape index (κ2) is 32.4. The van der Waals surface area contributed by atoms with E-state index >= 15 is 0 Å². The maximum Gasteiger partial charge on any atom is 0.350 e. The number of hydrogen-bond donors (Lipinski definition) is 8. The predicted octanol–water partition coefficient (Wildman–Crippen LogP) is 0.842. The zero-order chi connectivity index (χ0) is 72.4. The molecule has 8 heterocycles. The number of aliphatic carboxylic acids is 1. The quantitative estimate of drug-likeness (QED) is 0.0472. The molecule has 4 fully saturated rings. The van der Waals surface area contributed by atoms with Gasteiger partial charge in [-0.25, -0.2) is 14.4 Å². The smallest absolute Gasteiger partial charge is 0.350 e. The molecule has 522 valence electrons. The molecule has 0 radical (unpaired) electrons. The van der Waals surface area contributed by atoms with E-state index < -0.39 is 125 Å². The zero-order valence-electron chi connectivity index (χ0n) is 52.5. The van der Waals surface area contributed by atoms with Gasteiger partial charge in [-0.1, -0.05) is 24.3 Å². The van der Waals surface area contributed by atoms with Crippen molar-refractivity contribution in [3.05, 3.63) is 117 Å². The predicted molar refractivity (Wildman–Crippen MR) is 332 cm³/mol. The fourth-order valence-corrected chi connectivity index (χ4v) is 10.3. The largest absolute Gasteiger partial charge is 0.507 e. The van der Waals surface area contributed by atoms with Crippen LogP contribution in [0, 0.1) is 0 Å².